The molecule has 0 saturated carbocycles. The van der Waals surface area contributed by atoms with Crippen LogP contribution >= 0.6 is 0 Å². The van der Waals surface area contributed by atoms with Gasteiger partial charge in [-0.15, -0.1) is 0 Å². The van der Waals surface area contributed by atoms with Crippen molar-refractivity contribution in [3.63, 3.8) is 0 Å². The zero-order valence-corrected chi connectivity index (χ0v) is 31.2. The van der Waals surface area contributed by atoms with Crippen molar-refractivity contribution in [2.45, 2.75) is 0 Å². The highest BCUT2D eigenvalue weighted by atomic mass is 15.3. The minimum atomic E-state index is 0.541. The zero-order chi connectivity index (χ0) is 38.4. The normalized spacial score (nSPS) is 11.3. The number of nitrogens with zero attached hydrogens (tertiary/aromatic N) is 7. The van der Waals surface area contributed by atoms with Crippen molar-refractivity contribution in [3.8, 4) is 11.9 Å². The van der Waals surface area contributed by atoms with Crippen LogP contribution in [0.25, 0.3) is 55.5 Å². The number of aromatic nitrogens is 5. The lowest BCUT2D eigenvalue weighted by atomic mass is 10.1. The van der Waals surface area contributed by atoms with Crippen molar-refractivity contribution in [2.24, 2.45) is 0 Å². The van der Waals surface area contributed by atoms with Gasteiger partial charge < -0.3 is 9.80 Å². The number of para-hydroxylation sites is 5. The lowest BCUT2D eigenvalue weighted by Crippen LogP contribution is -2.10. The van der Waals surface area contributed by atoms with Gasteiger partial charge in [-0.05, 0) is 97.1 Å². The monoisotopic (exact) mass is 743 g/mol. The summed E-state index contributed by atoms with van der Waals surface area (Å²) in [6, 6.07) is 73.5. The van der Waals surface area contributed by atoms with Crippen molar-refractivity contribution in [1.29, 1.82) is 0 Å². The van der Waals surface area contributed by atoms with Crippen molar-refractivity contribution in [3.05, 3.63) is 213 Å². The second-order valence-corrected chi connectivity index (χ2v) is 14.1. The largest absolute Gasteiger partial charge is 0.310 e. The average molecular weight is 744 g/mol. The highest BCUT2D eigenvalue weighted by Crippen LogP contribution is 2.41. The van der Waals surface area contributed by atoms with Crippen LogP contribution in [-0.2, 0) is 0 Å². The summed E-state index contributed by atoms with van der Waals surface area (Å²) in [5.41, 5.74) is 10.3. The Labute approximate surface area is 335 Å². The van der Waals surface area contributed by atoms with Crippen LogP contribution in [0.5, 0.6) is 0 Å². The molecule has 11 aromatic rings. The van der Waals surface area contributed by atoms with Gasteiger partial charge in [0.15, 0.2) is 0 Å². The molecule has 0 aliphatic heterocycles. The van der Waals surface area contributed by atoms with Gasteiger partial charge in [0.25, 0.3) is 0 Å². The molecule has 0 fully saturated rings. The van der Waals surface area contributed by atoms with Crippen LogP contribution < -0.4 is 9.80 Å². The molecule has 272 valence electrons. The molecule has 7 nitrogen and oxygen atoms in total. The summed E-state index contributed by atoms with van der Waals surface area (Å²) in [6.07, 6.45) is 1.62. The molecule has 3 heterocycles. The van der Waals surface area contributed by atoms with E-state index >= 15 is 0 Å². The third kappa shape index (κ3) is 5.51. The number of benzene rings is 7. The Balaban J connectivity index is 1.07. The molecule has 11 rings (SSSR count). The van der Waals surface area contributed by atoms with Gasteiger partial charge in [-0.3, -0.25) is 9.13 Å². The topological polar surface area (TPSA) is 55.0 Å². The average Bonchev–Trinajstić information content (AvgIpc) is 3.81. The molecular formula is C51H33N7. The van der Waals surface area contributed by atoms with Gasteiger partial charge in [0.2, 0.25) is 11.9 Å². The molecule has 8 aromatic carbocycles. The van der Waals surface area contributed by atoms with Crippen molar-refractivity contribution in [2.75, 3.05) is 9.80 Å². The second kappa shape index (κ2) is 13.8. The summed E-state index contributed by atoms with van der Waals surface area (Å²) in [5, 5.41) is 4.41. The summed E-state index contributed by atoms with van der Waals surface area (Å²) < 4.78 is 4.29. The SMILES string of the molecule is c1ccc(N(c2ccccc2)c2ccc3c(c2)c2ccccc2n3-c2ncnc(-n3c4ccccc4c4cc(N(c5ccccc5)c5ccccc5)ccc43)n2)cc#1. The molecule has 0 aliphatic carbocycles. The van der Waals surface area contributed by atoms with Gasteiger partial charge >= 0.3 is 0 Å². The van der Waals surface area contributed by atoms with E-state index in [1.54, 1.807) is 6.33 Å². The number of anilines is 6. The van der Waals surface area contributed by atoms with Crippen LogP contribution in [0.15, 0.2) is 200 Å². The van der Waals surface area contributed by atoms with Crippen molar-refractivity contribution in [1.82, 2.24) is 24.1 Å². The molecule has 0 amide bonds. The van der Waals surface area contributed by atoms with Crippen LogP contribution in [0.2, 0.25) is 0 Å². The van der Waals surface area contributed by atoms with E-state index < -0.39 is 0 Å². The summed E-state index contributed by atoms with van der Waals surface area (Å²) in [7, 11) is 0. The van der Waals surface area contributed by atoms with E-state index in [9.17, 15) is 0 Å². The van der Waals surface area contributed by atoms with Crippen LogP contribution in [0, 0.1) is 12.1 Å². The quantitative estimate of drug-likeness (QED) is 0.155. The van der Waals surface area contributed by atoms with Crippen molar-refractivity contribution >= 4 is 77.7 Å². The Morgan fingerprint density at radius 2 is 0.793 bits per heavy atom. The summed E-state index contributed by atoms with van der Waals surface area (Å²) in [5.74, 6) is 1.08. The number of rotatable bonds is 8. The fraction of sp³-hybridized carbons (Fsp3) is 0. The highest BCUT2D eigenvalue weighted by molar-refractivity contribution is 6.11. The summed E-state index contributed by atoms with van der Waals surface area (Å²) >= 11 is 0. The van der Waals surface area contributed by atoms with Crippen LogP contribution in [0.3, 0.4) is 0 Å². The first kappa shape index (κ1) is 33.2. The maximum atomic E-state index is 5.24. The number of fused-ring (bicyclic) bond motifs is 6. The first-order chi connectivity index (χ1) is 28.8. The first-order valence-corrected chi connectivity index (χ1v) is 19.2. The molecule has 0 N–H and O–H groups in total. The van der Waals surface area contributed by atoms with Crippen LogP contribution in [0.1, 0.15) is 0 Å². The highest BCUT2D eigenvalue weighted by Gasteiger charge is 2.21. The van der Waals surface area contributed by atoms with E-state index in [0.717, 1.165) is 77.7 Å². The lowest BCUT2D eigenvalue weighted by Gasteiger charge is -2.25. The summed E-state index contributed by atoms with van der Waals surface area (Å²) in [4.78, 5) is 19.4. The molecule has 7 heteroatoms. The van der Waals surface area contributed by atoms with Crippen molar-refractivity contribution < 1.29 is 0 Å². The predicted molar refractivity (Wildman–Crippen MR) is 236 cm³/mol. The maximum Gasteiger partial charge on any atom is 0.239 e. The van der Waals surface area contributed by atoms with Crippen LogP contribution in [0.4, 0.5) is 34.1 Å². The predicted octanol–water partition coefficient (Wildman–Crippen LogP) is 12.6. The third-order valence-electron chi connectivity index (χ3n) is 10.7. The van der Waals surface area contributed by atoms with Gasteiger partial charge in [0.1, 0.15) is 6.33 Å². The van der Waals surface area contributed by atoms with E-state index in [1.807, 2.05) is 30.3 Å². The van der Waals surface area contributed by atoms with Gasteiger partial charge in [-0.2, -0.15) is 4.98 Å². The minimum Gasteiger partial charge on any atom is -0.310 e. The fourth-order valence-electron chi connectivity index (χ4n) is 8.23. The van der Waals surface area contributed by atoms with Crippen LogP contribution in [-0.4, -0.2) is 24.1 Å². The van der Waals surface area contributed by atoms with Gasteiger partial charge in [-0.1, -0.05) is 103 Å². The van der Waals surface area contributed by atoms with Gasteiger partial charge in [-0.25, -0.2) is 9.97 Å². The van der Waals surface area contributed by atoms with E-state index in [0.29, 0.717) is 11.9 Å². The molecular weight excluding hydrogens is 711 g/mol. The van der Waals surface area contributed by atoms with Gasteiger partial charge in [0, 0.05) is 56.0 Å². The lowest BCUT2D eigenvalue weighted by molar-refractivity contribution is 0.886. The standard InChI is InChI=1S/C51H33N7/c1-5-17-36(18-6-1)55(37-19-7-2-8-20-37)40-29-31-48-44(33-40)42-25-13-15-27-46(42)57(48)50-52-35-53-51(54-50)58-47-28-16-14-26-43(47)45-34-41(30-32-49(45)58)56(38-21-9-3-10-22-38)39-23-11-4-12-24-39/h1-3,5-11,13-35H. The molecule has 0 aliphatic rings. The molecule has 0 radical (unpaired) electrons. The Morgan fingerprint density at radius 3 is 1.26 bits per heavy atom. The fourth-order valence-corrected chi connectivity index (χ4v) is 8.23. The molecule has 58 heavy (non-hydrogen) atoms. The first-order valence-electron chi connectivity index (χ1n) is 19.2. The Morgan fingerprint density at radius 1 is 0.362 bits per heavy atom. The molecule has 0 atom stereocenters. The minimum absolute atomic E-state index is 0.541. The molecule has 3 aromatic heterocycles. The van der Waals surface area contributed by atoms with E-state index in [1.165, 1.54) is 0 Å². The van der Waals surface area contributed by atoms with E-state index in [2.05, 4.69) is 195 Å². The Kier molecular flexibility index (Phi) is 7.90. The summed E-state index contributed by atoms with van der Waals surface area (Å²) in [6.45, 7) is 0. The van der Waals surface area contributed by atoms with E-state index in [4.69, 9.17) is 15.0 Å². The Bertz CT molecular complexity index is 2940. The molecule has 0 saturated heterocycles. The third-order valence-corrected chi connectivity index (χ3v) is 10.7. The molecule has 0 unspecified atom stereocenters. The number of hydrogen-bond donors (Lipinski definition) is 0. The second-order valence-electron chi connectivity index (χ2n) is 14.1. The zero-order valence-electron chi connectivity index (χ0n) is 31.2. The Hall–Kier alpha value is -8.21. The van der Waals surface area contributed by atoms with E-state index in [-0.39, 0.29) is 0 Å². The van der Waals surface area contributed by atoms with Gasteiger partial charge in [0.05, 0.1) is 27.8 Å². The molecule has 0 bridgehead atoms. The molecule has 0 spiro atoms. The number of hydrogen-bond acceptors (Lipinski definition) is 5. The maximum absolute atomic E-state index is 5.24. The smallest absolute Gasteiger partial charge is 0.239 e.